The predicted octanol–water partition coefficient (Wildman–Crippen LogP) is 5.49. The van der Waals surface area contributed by atoms with E-state index in [1.807, 2.05) is 22.4 Å². The zero-order chi connectivity index (χ0) is 22.9. The van der Waals surface area contributed by atoms with Crippen LogP contribution in [0.15, 0.2) is 36.7 Å². The number of nitrogens with zero attached hydrogens (tertiary/aromatic N) is 3. The van der Waals surface area contributed by atoms with Gasteiger partial charge < -0.3 is 14.5 Å². The highest BCUT2D eigenvalue weighted by Crippen LogP contribution is 2.37. The van der Waals surface area contributed by atoms with Crippen LogP contribution in [-0.2, 0) is 5.92 Å². The van der Waals surface area contributed by atoms with Crippen molar-refractivity contribution in [2.45, 2.75) is 49.7 Å². The Labute approximate surface area is 189 Å². The van der Waals surface area contributed by atoms with Crippen molar-refractivity contribution in [3.63, 3.8) is 0 Å². The van der Waals surface area contributed by atoms with Crippen LogP contribution in [-0.4, -0.2) is 38.9 Å². The number of hydrogen-bond donors (Lipinski definition) is 1. The van der Waals surface area contributed by atoms with Gasteiger partial charge in [-0.05, 0) is 44.1 Å². The molecule has 3 heterocycles. The van der Waals surface area contributed by atoms with E-state index in [0.717, 1.165) is 36.4 Å². The number of aromatic nitrogens is 3. The van der Waals surface area contributed by atoms with Gasteiger partial charge in [-0.2, -0.15) is 20.5 Å². The molecule has 0 saturated heterocycles. The van der Waals surface area contributed by atoms with Crippen molar-refractivity contribution < 1.29 is 18.3 Å². The molecule has 9 heteroatoms. The van der Waals surface area contributed by atoms with Crippen LogP contribution in [0.1, 0.15) is 60.4 Å². The largest absolute Gasteiger partial charge is 0.494 e. The zero-order valence-electron chi connectivity index (χ0n) is 18.3. The van der Waals surface area contributed by atoms with E-state index in [-0.39, 0.29) is 5.69 Å². The average molecular weight is 461 g/mol. The molecule has 3 aromatic heterocycles. The molecule has 1 N–H and O–H groups in total. The smallest absolute Gasteiger partial charge is 0.287 e. The Kier molecular flexibility index (Phi) is 6.37. The molecule has 32 heavy (non-hydrogen) atoms. The predicted molar refractivity (Wildman–Crippen MR) is 122 cm³/mol. The highest BCUT2D eigenvalue weighted by atomic mass is 32.2. The maximum atomic E-state index is 13.6. The van der Waals surface area contributed by atoms with E-state index >= 15 is 0 Å². The number of amides is 1. The van der Waals surface area contributed by atoms with Gasteiger partial charge in [0.25, 0.3) is 11.8 Å². The van der Waals surface area contributed by atoms with Gasteiger partial charge in [0.15, 0.2) is 0 Å². The maximum absolute atomic E-state index is 13.6. The Bertz CT molecular complexity index is 1120. The van der Waals surface area contributed by atoms with Crippen LogP contribution in [0.25, 0.3) is 5.65 Å². The lowest BCUT2D eigenvalue weighted by Gasteiger charge is -2.26. The van der Waals surface area contributed by atoms with E-state index < -0.39 is 17.5 Å². The van der Waals surface area contributed by atoms with E-state index in [1.54, 1.807) is 12.3 Å². The molecule has 0 bridgehead atoms. The fourth-order valence-electron chi connectivity index (χ4n) is 4.08. The Morgan fingerprint density at radius 2 is 1.97 bits per heavy atom. The number of alkyl halides is 2. The Morgan fingerprint density at radius 3 is 2.62 bits per heavy atom. The van der Waals surface area contributed by atoms with Crippen molar-refractivity contribution in [2.24, 2.45) is 0 Å². The lowest BCUT2D eigenvalue weighted by atomic mass is 9.87. The molecule has 0 aliphatic heterocycles. The van der Waals surface area contributed by atoms with Gasteiger partial charge in [0, 0.05) is 36.6 Å². The minimum Gasteiger partial charge on any atom is -0.494 e. The lowest BCUT2D eigenvalue weighted by molar-refractivity contribution is 0.0126. The number of pyridine rings is 2. The highest BCUT2D eigenvalue weighted by molar-refractivity contribution is 7.99. The quantitative estimate of drug-likeness (QED) is 0.527. The molecule has 1 aliphatic rings. The number of hydrogen-bond acceptors (Lipinski definition) is 5. The summed E-state index contributed by atoms with van der Waals surface area (Å²) in [6, 6.07) is 5.75. The molecule has 0 radical (unpaired) electrons. The average Bonchev–Trinajstić information content (AvgIpc) is 3.21. The first-order chi connectivity index (χ1) is 15.3. The molecule has 1 amide bonds. The number of carbonyl (C=O) groups excluding carboxylic acids is 1. The molecule has 170 valence electrons. The van der Waals surface area contributed by atoms with E-state index in [9.17, 15) is 13.6 Å². The maximum Gasteiger partial charge on any atom is 0.287 e. The third-order valence-corrected chi connectivity index (χ3v) is 7.04. The van der Waals surface area contributed by atoms with Crippen LogP contribution in [0.5, 0.6) is 5.75 Å². The number of ether oxygens (including phenoxy) is 1. The summed E-state index contributed by atoms with van der Waals surface area (Å²) >= 11 is 1.93. The van der Waals surface area contributed by atoms with Crippen LogP contribution in [0, 0.1) is 0 Å². The molecule has 1 aliphatic carbocycles. The molecule has 0 atom stereocenters. The lowest BCUT2D eigenvalue weighted by Crippen LogP contribution is -2.18. The van der Waals surface area contributed by atoms with Crippen LogP contribution in [0.3, 0.4) is 0 Å². The van der Waals surface area contributed by atoms with Gasteiger partial charge in [-0.15, -0.1) is 0 Å². The third kappa shape index (κ3) is 4.72. The van der Waals surface area contributed by atoms with E-state index in [1.165, 1.54) is 38.2 Å². The number of thioether (sulfide) groups is 1. The van der Waals surface area contributed by atoms with Crippen molar-refractivity contribution in [2.75, 3.05) is 18.7 Å². The molecular formula is C23H26F2N4O2S. The van der Waals surface area contributed by atoms with Gasteiger partial charge in [-0.3, -0.25) is 4.79 Å². The third-order valence-electron chi connectivity index (χ3n) is 5.90. The number of carbonyl (C=O) groups is 1. The first-order valence-corrected chi connectivity index (χ1v) is 11.8. The molecule has 0 aromatic carbocycles. The second kappa shape index (κ2) is 9.05. The summed E-state index contributed by atoms with van der Waals surface area (Å²) < 4.78 is 34.5. The molecule has 1 fully saturated rings. The summed E-state index contributed by atoms with van der Waals surface area (Å²) in [5.74, 6) is -2.87. The number of anilines is 1. The van der Waals surface area contributed by atoms with Gasteiger partial charge >= 0.3 is 0 Å². The van der Waals surface area contributed by atoms with Gasteiger partial charge in [0.1, 0.15) is 28.5 Å². The summed E-state index contributed by atoms with van der Waals surface area (Å²) in [5, 5.41) is 3.45. The van der Waals surface area contributed by atoms with Crippen molar-refractivity contribution in [1.29, 1.82) is 0 Å². The normalized spacial score (nSPS) is 19.2. The molecular weight excluding hydrogens is 434 g/mol. The standard InChI is InChI=1S/C23H26F2N4O2S/c1-23(24,25)20-6-4-5-16(26-20)22(30)28-18-13-29-12-17(27-21(29)11-19(18)31-2)14-7-9-15(32-3)10-8-14/h4-6,11-15H,7-10H2,1-3H3,(H,28,30)/t14-,15-. The number of methoxy groups -OCH3 is 1. The minimum atomic E-state index is -3.13. The van der Waals surface area contributed by atoms with Crippen molar-refractivity contribution in [3.05, 3.63) is 53.7 Å². The molecule has 6 nitrogen and oxygen atoms in total. The summed E-state index contributed by atoms with van der Waals surface area (Å²) in [4.78, 5) is 21.3. The molecule has 3 aromatic rings. The Morgan fingerprint density at radius 1 is 1.22 bits per heavy atom. The van der Waals surface area contributed by atoms with Crippen LogP contribution in [0.4, 0.5) is 14.5 Å². The molecule has 1 saturated carbocycles. The van der Waals surface area contributed by atoms with Crippen LogP contribution >= 0.6 is 11.8 Å². The fourth-order valence-corrected chi connectivity index (χ4v) is 4.82. The number of imidazole rings is 1. The first kappa shape index (κ1) is 22.5. The topological polar surface area (TPSA) is 68.5 Å². The monoisotopic (exact) mass is 460 g/mol. The SMILES string of the molecule is COc1cc2nc([C@H]3CC[C@H](SC)CC3)cn2cc1NC(=O)c1cccc(C(C)(F)F)n1. The van der Waals surface area contributed by atoms with Gasteiger partial charge in [0.05, 0.1) is 12.8 Å². The number of fused-ring (bicyclic) bond motifs is 1. The van der Waals surface area contributed by atoms with E-state index in [4.69, 9.17) is 9.72 Å². The highest BCUT2D eigenvalue weighted by Gasteiger charge is 2.27. The summed E-state index contributed by atoms with van der Waals surface area (Å²) in [6.07, 6.45) is 10.5. The second-order valence-corrected chi connectivity index (χ2v) is 9.28. The molecule has 4 rings (SSSR count). The second-order valence-electron chi connectivity index (χ2n) is 8.15. The fraction of sp³-hybridized carbons (Fsp3) is 0.435. The van der Waals surface area contributed by atoms with Crippen LogP contribution in [0.2, 0.25) is 0 Å². The molecule has 0 spiro atoms. The Balaban J connectivity index is 1.58. The number of nitrogens with one attached hydrogen (secondary N) is 1. The molecule has 0 unspecified atom stereocenters. The summed E-state index contributed by atoms with van der Waals surface area (Å²) in [7, 11) is 1.51. The number of halogens is 2. The van der Waals surface area contributed by atoms with Crippen molar-refractivity contribution in [3.8, 4) is 5.75 Å². The summed E-state index contributed by atoms with van der Waals surface area (Å²) in [6.45, 7) is 0.748. The zero-order valence-corrected chi connectivity index (χ0v) is 19.1. The number of rotatable bonds is 6. The van der Waals surface area contributed by atoms with Crippen molar-refractivity contribution >= 4 is 29.0 Å². The van der Waals surface area contributed by atoms with Crippen molar-refractivity contribution in [1.82, 2.24) is 14.4 Å². The first-order valence-electron chi connectivity index (χ1n) is 10.5. The van der Waals surface area contributed by atoms with Gasteiger partial charge in [-0.1, -0.05) is 6.07 Å². The van der Waals surface area contributed by atoms with Gasteiger partial charge in [0.2, 0.25) is 0 Å². The van der Waals surface area contributed by atoms with E-state index in [2.05, 4.69) is 16.6 Å². The summed E-state index contributed by atoms with van der Waals surface area (Å²) in [5.41, 5.74) is 1.63. The van der Waals surface area contributed by atoms with Gasteiger partial charge in [-0.25, -0.2) is 9.97 Å². The van der Waals surface area contributed by atoms with E-state index in [0.29, 0.717) is 17.4 Å². The van der Waals surface area contributed by atoms with Crippen LogP contribution < -0.4 is 10.1 Å². The minimum absolute atomic E-state index is 0.0944. The Hall–Kier alpha value is -2.68.